The maximum atomic E-state index is 12.7. The number of hydrogen-bond donors (Lipinski definition) is 3. The first kappa shape index (κ1) is 24.7. The molecule has 0 bridgehead atoms. The lowest BCUT2D eigenvalue weighted by Gasteiger charge is -2.23. The van der Waals surface area contributed by atoms with Crippen LogP contribution in [0.5, 0.6) is 0 Å². The van der Waals surface area contributed by atoms with Gasteiger partial charge >= 0.3 is 0 Å². The van der Waals surface area contributed by atoms with Crippen molar-refractivity contribution in [1.82, 2.24) is 20.3 Å². The summed E-state index contributed by atoms with van der Waals surface area (Å²) < 4.78 is 5.37. The second-order valence-corrected chi connectivity index (χ2v) is 9.97. The highest BCUT2D eigenvalue weighted by Crippen LogP contribution is 2.40. The fourth-order valence-corrected chi connectivity index (χ4v) is 4.89. The van der Waals surface area contributed by atoms with Gasteiger partial charge in [0.15, 0.2) is 0 Å². The third kappa shape index (κ3) is 5.39. The lowest BCUT2D eigenvalue weighted by atomic mass is 9.80. The minimum atomic E-state index is -0.141. The summed E-state index contributed by atoms with van der Waals surface area (Å²) in [7, 11) is 0. The maximum absolute atomic E-state index is 12.7. The molecule has 1 saturated heterocycles. The lowest BCUT2D eigenvalue weighted by molar-refractivity contribution is 0.0696. The molecule has 0 saturated carbocycles. The van der Waals surface area contributed by atoms with Crippen LogP contribution in [-0.4, -0.2) is 46.7 Å². The van der Waals surface area contributed by atoms with E-state index < -0.39 is 0 Å². The zero-order valence-electron chi connectivity index (χ0n) is 21.2. The quantitative estimate of drug-likeness (QED) is 0.436. The fourth-order valence-electron chi connectivity index (χ4n) is 4.89. The SMILES string of the molecule is Cc1cc(C(=O)NC2CCOCC2)ccc1Nc1nccc(-c2cnc3c(c2)C(C)(CCC#N)CN3)n1. The summed E-state index contributed by atoms with van der Waals surface area (Å²) in [5.74, 6) is 1.26. The Labute approximate surface area is 216 Å². The van der Waals surface area contributed by atoms with Crippen LogP contribution in [0.4, 0.5) is 17.5 Å². The summed E-state index contributed by atoms with van der Waals surface area (Å²) in [6.45, 7) is 6.25. The van der Waals surface area contributed by atoms with Gasteiger partial charge in [-0.25, -0.2) is 15.0 Å². The van der Waals surface area contributed by atoms with Crippen molar-refractivity contribution in [2.24, 2.45) is 0 Å². The van der Waals surface area contributed by atoms with Crippen LogP contribution >= 0.6 is 0 Å². The van der Waals surface area contributed by atoms with Crippen molar-refractivity contribution in [3.8, 4) is 17.3 Å². The summed E-state index contributed by atoms with van der Waals surface area (Å²) in [6, 6.07) is 12.0. The number of hydrogen-bond acceptors (Lipinski definition) is 8. The molecule has 2 aromatic heterocycles. The number of fused-ring (bicyclic) bond motifs is 1. The van der Waals surface area contributed by atoms with Gasteiger partial charge in [-0.05, 0) is 62.1 Å². The number of carbonyl (C=O) groups is 1. The van der Waals surface area contributed by atoms with Crippen LogP contribution in [-0.2, 0) is 10.2 Å². The summed E-state index contributed by atoms with van der Waals surface area (Å²) in [5, 5.41) is 18.8. The van der Waals surface area contributed by atoms with Gasteiger partial charge in [0.2, 0.25) is 5.95 Å². The average Bonchev–Trinajstić information content (AvgIpc) is 3.25. The number of ether oxygens (including phenoxy) is 1. The standard InChI is InChI=1S/C28H31N7O2/c1-18-14-19(26(36)33-21-7-12-37-13-8-21)4-5-23(18)34-27-30-11-6-24(35-27)20-15-22-25(31-16-20)32-17-28(22,2)9-3-10-29/h4-6,11,14-16,21H,3,7-9,12-13,17H2,1-2H3,(H,31,32)(H,33,36)(H,30,34,35). The summed E-state index contributed by atoms with van der Waals surface area (Å²) in [5.41, 5.74) is 5.01. The van der Waals surface area contributed by atoms with Crippen molar-refractivity contribution in [2.75, 3.05) is 30.4 Å². The third-order valence-corrected chi connectivity index (χ3v) is 7.22. The summed E-state index contributed by atoms with van der Waals surface area (Å²) >= 11 is 0. The highest BCUT2D eigenvalue weighted by Gasteiger charge is 2.35. The molecule has 0 spiro atoms. The first-order valence-corrected chi connectivity index (χ1v) is 12.7. The Morgan fingerprint density at radius 3 is 2.86 bits per heavy atom. The molecule has 190 valence electrons. The van der Waals surface area contributed by atoms with E-state index in [1.54, 1.807) is 6.20 Å². The second kappa shape index (κ2) is 10.5. The van der Waals surface area contributed by atoms with E-state index in [1.807, 2.05) is 37.4 Å². The van der Waals surface area contributed by atoms with Crippen LogP contribution in [0.25, 0.3) is 11.3 Å². The predicted octanol–water partition coefficient (Wildman–Crippen LogP) is 4.49. The van der Waals surface area contributed by atoms with Gasteiger partial charge in [-0.1, -0.05) is 6.92 Å². The number of anilines is 3. The van der Waals surface area contributed by atoms with E-state index in [0.717, 1.165) is 59.7 Å². The smallest absolute Gasteiger partial charge is 0.251 e. The van der Waals surface area contributed by atoms with Gasteiger partial charge in [0.1, 0.15) is 5.82 Å². The van der Waals surface area contributed by atoms with Gasteiger partial charge in [0.05, 0.1) is 11.8 Å². The molecule has 3 N–H and O–H groups in total. The Morgan fingerprint density at radius 1 is 1.24 bits per heavy atom. The van der Waals surface area contributed by atoms with Crippen molar-refractivity contribution in [2.45, 2.75) is 51.0 Å². The number of aryl methyl sites for hydroxylation is 1. The van der Waals surface area contributed by atoms with E-state index in [-0.39, 0.29) is 17.4 Å². The number of benzene rings is 1. The molecule has 9 heteroatoms. The zero-order valence-corrected chi connectivity index (χ0v) is 21.2. The molecule has 2 aliphatic rings. The highest BCUT2D eigenvalue weighted by atomic mass is 16.5. The molecular weight excluding hydrogens is 466 g/mol. The first-order chi connectivity index (χ1) is 17.9. The van der Waals surface area contributed by atoms with Gasteiger partial charge < -0.3 is 20.7 Å². The van der Waals surface area contributed by atoms with E-state index in [0.29, 0.717) is 31.1 Å². The van der Waals surface area contributed by atoms with Crippen molar-refractivity contribution in [3.63, 3.8) is 0 Å². The molecule has 1 atom stereocenters. The number of rotatable bonds is 7. The molecule has 4 heterocycles. The molecule has 1 fully saturated rings. The van der Waals surface area contributed by atoms with Crippen molar-refractivity contribution in [3.05, 3.63) is 59.4 Å². The Kier molecular flexibility index (Phi) is 7.01. The van der Waals surface area contributed by atoms with Crippen molar-refractivity contribution >= 4 is 23.4 Å². The number of pyridine rings is 1. The summed E-state index contributed by atoms with van der Waals surface area (Å²) in [6.07, 6.45) is 6.48. The Morgan fingerprint density at radius 2 is 2.08 bits per heavy atom. The van der Waals surface area contributed by atoms with Gasteiger partial charge in [0, 0.05) is 72.4 Å². The highest BCUT2D eigenvalue weighted by molar-refractivity contribution is 5.95. The van der Waals surface area contributed by atoms with E-state index in [2.05, 4.69) is 45.0 Å². The third-order valence-electron chi connectivity index (χ3n) is 7.22. The normalized spacial score (nSPS) is 18.9. The number of carbonyl (C=O) groups excluding carboxylic acids is 1. The maximum Gasteiger partial charge on any atom is 0.251 e. The molecule has 1 aromatic carbocycles. The molecule has 2 aliphatic heterocycles. The molecule has 1 unspecified atom stereocenters. The molecule has 9 nitrogen and oxygen atoms in total. The van der Waals surface area contributed by atoms with E-state index in [1.165, 1.54) is 0 Å². The minimum Gasteiger partial charge on any atom is -0.381 e. The second-order valence-electron chi connectivity index (χ2n) is 9.97. The van der Waals surface area contributed by atoms with E-state index >= 15 is 0 Å². The molecule has 0 aliphatic carbocycles. The number of nitrogens with one attached hydrogen (secondary N) is 3. The number of nitrogens with zero attached hydrogens (tertiary/aromatic N) is 4. The monoisotopic (exact) mass is 497 g/mol. The Hall–Kier alpha value is -4.03. The molecule has 3 aromatic rings. The largest absolute Gasteiger partial charge is 0.381 e. The average molecular weight is 498 g/mol. The van der Waals surface area contributed by atoms with Gasteiger partial charge in [-0.2, -0.15) is 5.26 Å². The van der Waals surface area contributed by atoms with E-state index in [4.69, 9.17) is 15.0 Å². The lowest BCUT2D eigenvalue weighted by Crippen LogP contribution is -2.38. The minimum absolute atomic E-state index is 0.0693. The first-order valence-electron chi connectivity index (χ1n) is 12.7. The van der Waals surface area contributed by atoms with Crippen LogP contribution in [0.3, 0.4) is 0 Å². The topological polar surface area (TPSA) is 125 Å². The Balaban J connectivity index is 1.31. The van der Waals surface area contributed by atoms with Gasteiger partial charge in [-0.3, -0.25) is 4.79 Å². The molecule has 37 heavy (non-hydrogen) atoms. The predicted molar refractivity (Wildman–Crippen MR) is 142 cm³/mol. The van der Waals surface area contributed by atoms with Crippen LogP contribution in [0.1, 0.15) is 54.1 Å². The van der Waals surface area contributed by atoms with Crippen LogP contribution in [0, 0.1) is 18.3 Å². The van der Waals surface area contributed by atoms with Crippen LogP contribution in [0.15, 0.2) is 42.7 Å². The number of nitriles is 1. The number of aromatic nitrogens is 3. The van der Waals surface area contributed by atoms with Gasteiger partial charge in [0.25, 0.3) is 5.91 Å². The zero-order chi connectivity index (χ0) is 25.8. The number of amides is 1. The fraction of sp³-hybridized carbons (Fsp3) is 0.393. The molecular formula is C28H31N7O2. The molecule has 0 radical (unpaired) electrons. The van der Waals surface area contributed by atoms with Gasteiger partial charge in [-0.15, -0.1) is 0 Å². The van der Waals surface area contributed by atoms with E-state index in [9.17, 15) is 4.79 Å². The molecule has 1 amide bonds. The van der Waals surface area contributed by atoms with Crippen molar-refractivity contribution < 1.29 is 9.53 Å². The summed E-state index contributed by atoms with van der Waals surface area (Å²) in [4.78, 5) is 26.4. The van der Waals surface area contributed by atoms with Crippen LogP contribution < -0.4 is 16.0 Å². The van der Waals surface area contributed by atoms with Crippen LogP contribution in [0.2, 0.25) is 0 Å². The van der Waals surface area contributed by atoms with Crippen molar-refractivity contribution in [1.29, 1.82) is 5.26 Å². The molecule has 5 rings (SSSR count). The Bertz CT molecular complexity index is 1350.